The lowest BCUT2D eigenvalue weighted by atomic mass is 9.86. The summed E-state index contributed by atoms with van der Waals surface area (Å²) in [6.45, 7) is 3.04. The molecule has 2 heterocycles. The molecular weight excluding hydrogens is 274 g/mol. The van der Waals surface area contributed by atoms with Crippen LogP contribution in [-0.2, 0) is 10.2 Å². The molecule has 1 fully saturated rings. The molecule has 0 aliphatic carbocycles. The van der Waals surface area contributed by atoms with Gasteiger partial charge in [0.2, 0.25) is 11.7 Å². The molecule has 0 spiro atoms. The predicted molar refractivity (Wildman–Crippen MR) is 77.7 cm³/mol. The second-order valence-corrected chi connectivity index (χ2v) is 6.07. The minimum absolute atomic E-state index is 0.116. The Hall–Kier alpha value is -1.37. The molecule has 2 unspecified atom stereocenters. The van der Waals surface area contributed by atoms with Gasteiger partial charge in [0.05, 0.1) is 18.6 Å². The molecular formula is C14H17N3O2S. The second-order valence-electron chi connectivity index (χ2n) is 5.19. The molecule has 1 aliphatic rings. The van der Waals surface area contributed by atoms with Crippen molar-refractivity contribution in [1.29, 1.82) is 0 Å². The first-order valence-corrected chi connectivity index (χ1v) is 7.68. The summed E-state index contributed by atoms with van der Waals surface area (Å²) in [4.78, 5) is 5.70. The van der Waals surface area contributed by atoms with Gasteiger partial charge in [-0.2, -0.15) is 4.98 Å². The van der Waals surface area contributed by atoms with E-state index in [1.807, 2.05) is 37.4 Å². The number of nitrogens with two attached hydrogens (primary N) is 1. The monoisotopic (exact) mass is 291 g/mol. The normalized spacial score (nSPS) is 26.1. The second kappa shape index (κ2) is 5.20. The van der Waals surface area contributed by atoms with E-state index in [0.29, 0.717) is 24.9 Å². The van der Waals surface area contributed by atoms with Crippen molar-refractivity contribution < 1.29 is 9.26 Å². The SMILES string of the molecule is CSc1ccc(-c2noc(C3(C)COCC3N)n2)cc1. The zero-order valence-electron chi connectivity index (χ0n) is 11.5. The first kappa shape index (κ1) is 13.6. The summed E-state index contributed by atoms with van der Waals surface area (Å²) in [5.74, 6) is 1.14. The van der Waals surface area contributed by atoms with Gasteiger partial charge in [-0.1, -0.05) is 5.16 Å². The van der Waals surface area contributed by atoms with Gasteiger partial charge in [-0.25, -0.2) is 0 Å². The van der Waals surface area contributed by atoms with Gasteiger partial charge in [-0.15, -0.1) is 11.8 Å². The number of rotatable bonds is 3. The van der Waals surface area contributed by atoms with Crippen molar-refractivity contribution in [1.82, 2.24) is 10.1 Å². The number of thioether (sulfide) groups is 1. The highest BCUT2D eigenvalue weighted by Crippen LogP contribution is 2.32. The summed E-state index contributed by atoms with van der Waals surface area (Å²) in [5.41, 5.74) is 6.62. The minimum Gasteiger partial charge on any atom is -0.379 e. The fraction of sp³-hybridized carbons (Fsp3) is 0.429. The van der Waals surface area contributed by atoms with Crippen LogP contribution in [0, 0.1) is 0 Å². The molecule has 0 saturated carbocycles. The largest absolute Gasteiger partial charge is 0.379 e. The standard InChI is InChI=1S/C14H17N3O2S/c1-14(8-18-7-11(14)15)13-16-12(17-19-13)9-3-5-10(20-2)6-4-9/h3-6,11H,7-8,15H2,1-2H3. The third kappa shape index (κ3) is 2.24. The van der Waals surface area contributed by atoms with Gasteiger partial charge in [0.15, 0.2) is 0 Å². The van der Waals surface area contributed by atoms with Crippen molar-refractivity contribution in [2.45, 2.75) is 23.3 Å². The third-order valence-corrected chi connectivity index (χ3v) is 4.52. The fourth-order valence-corrected chi connectivity index (χ4v) is 2.63. The topological polar surface area (TPSA) is 74.2 Å². The van der Waals surface area contributed by atoms with Crippen LogP contribution in [0.25, 0.3) is 11.4 Å². The van der Waals surface area contributed by atoms with E-state index < -0.39 is 5.41 Å². The number of benzene rings is 1. The Morgan fingerprint density at radius 2 is 2.10 bits per heavy atom. The smallest absolute Gasteiger partial charge is 0.236 e. The van der Waals surface area contributed by atoms with Gasteiger partial charge in [-0.3, -0.25) is 0 Å². The fourth-order valence-electron chi connectivity index (χ4n) is 2.22. The number of ether oxygens (including phenoxy) is 1. The van der Waals surface area contributed by atoms with Gasteiger partial charge in [0.1, 0.15) is 0 Å². The van der Waals surface area contributed by atoms with E-state index in [1.165, 1.54) is 4.90 Å². The zero-order valence-corrected chi connectivity index (χ0v) is 12.3. The summed E-state index contributed by atoms with van der Waals surface area (Å²) in [6, 6.07) is 7.96. The Kier molecular flexibility index (Phi) is 3.54. The molecule has 6 heteroatoms. The molecule has 5 nitrogen and oxygen atoms in total. The third-order valence-electron chi connectivity index (χ3n) is 3.78. The van der Waals surface area contributed by atoms with E-state index in [9.17, 15) is 0 Å². The quantitative estimate of drug-likeness (QED) is 0.873. The molecule has 2 atom stereocenters. The molecule has 0 amide bonds. The summed E-state index contributed by atoms with van der Waals surface area (Å²) in [5, 5.41) is 4.06. The average molecular weight is 291 g/mol. The lowest BCUT2D eigenvalue weighted by Gasteiger charge is -2.21. The molecule has 1 aliphatic heterocycles. The zero-order chi connectivity index (χ0) is 14.2. The van der Waals surface area contributed by atoms with Crippen LogP contribution in [0.3, 0.4) is 0 Å². The van der Waals surface area contributed by atoms with Crippen molar-refractivity contribution in [3.05, 3.63) is 30.2 Å². The van der Waals surface area contributed by atoms with E-state index in [0.717, 1.165) is 5.56 Å². The van der Waals surface area contributed by atoms with E-state index in [2.05, 4.69) is 10.1 Å². The number of hydrogen-bond donors (Lipinski definition) is 1. The Morgan fingerprint density at radius 1 is 1.35 bits per heavy atom. The van der Waals surface area contributed by atoms with Gasteiger partial charge >= 0.3 is 0 Å². The molecule has 1 aromatic carbocycles. The van der Waals surface area contributed by atoms with Crippen molar-refractivity contribution in [2.75, 3.05) is 19.5 Å². The van der Waals surface area contributed by atoms with Crippen LogP contribution < -0.4 is 5.73 Å². The van der Waals surface area contributed by atoms with Crippen LogP contribution in [0.1, 0.15) is 12.8 Å². The highest BCUT2D eigenvalue weighted by molar-refractivity contribution is 7.98. The Balaban J connectivity index is 1.89. The van der Waals surface area contributed by atoms with Gasteiger partial charge in [-0.05, 0) is 37.4 Å². The Bertz CT molecular complexity index is 599. The molecule has 106 valence electrons. The molecule has 2 N–H and O–H groups in total. The number of nitrogens with zero attached hydrogens (tertiary/aromatic N) is 2. The molecule has 1 aromatic heterocycles. The molecule has 1 saturated heterocycles. The highest BCUT2D eigenvalue weighted by Gasteiger charge is 2.44. The highest BCUT2D eigenvalue weighted by atomic mass is 32.2. The van der Waals surface area contributed by atoms with Crippen LogP contribution in [0.2, 0.25) is 0 Å². The van der Waals surface area contributed by atoms with Crippen molar-refractivity contribution in [3.63, 3.8) is 0 Å². The summed E-state index contributed by atoms with van der Waals surface area (Å²) >= 11 is 1.70. The van der Waals surface area contributed by atoms with Gasteiger partial charge in [0.25, 0.3) is 0 Å². The van der Waals surface area contributed by atoms with Crippen LogP contribution >= 0.6 is 11.8 Å². The average Bonchev–Trinajstić information content (AvgIpc) is 3.08. The van der Waals surface area contributed by atoms with E-state index in [1.54, 1.807) is 11.8 Å². The summed E-state index contributed by atoms with van der Waals surface area (Å²) in [7, 11) is 0. The van der Waals surface area contributed by atoms with Crippen LogP contribution in [0.15, 0.2) is 33.7 Å². The summed E-state index contributed by atoms with van der Waals surface area (Å²) < 4.78 is 10.8. The molecule has 3 rings (SSSR count). The van der Waals surface area contributed by atoms with Crippen molar-refractivity contribution >= 4 is 11.8 Å². The maximum atomic E-state index is 6.08. The van der Waals surface area contributed by atoms with Crippen LogP contribution in [-0.4, -0.2) is 35.7 Å². The Morgan fingerprint density at radius 3 is 2.70 bits per heavy atom. The first-order valence-electron chi connectivity index (χ1n) is 6.45. The maximum absolute atomic E-state index is 6.08. The van der Waals surface area contributed by atoms with Crippen molar-refractivity contribution in [2.24, 2.45) is 5.73 Å². The first-order chi connectivity index (χ1) is 9.63. The summed E-state index contributed by atoms with van der Waals surface area (Å²) in [6.07, 6.45) is 2.05. The van der Waals surface area contributed by atoms with E-state index >= 15 is 0 Å². The van der Waals surface area contributed by atoms with Crippen LogP contribution in [0.4, 0.5) is 0 Å². The van der Waals surface area contributed by atoms with Gasteiger partial charge < -0.3 is 15.0 Å². The molecule has 20 heavy (non-hydrogen) atoms. The van der Waals surface area contributed by atoms with Gasteiger partial charge in [0, 0.05) is 16.5 Å². The molecule has 2 aromatic rings. The Labute approximate surface area is 121 Å². The van der Waals surface area contributed by atoms with Crippen molar-refractivity contribution in [3.8, 4) is 11.4 Å². The van der Waals surface area contributed by atoms with E-state index in [4.69, 9.17) is 15.0 Å². The molecule has 0 bridgehead atoms. The van der Waals surface area contributed by atoms with E-state index in [-0.39, 0.29) is 6.04 Å². The van der Waals surface area contributed by atoms with Crippen LogP contribution in [0.5, 0.6) is 0 Å². The number of hydrogen-bond acceptors (Lipinski definition) is 6. The molecule has 0 radical (unpaired) electrons. The lowest BCUT2D eigenvalue weighted by molar-refractivity contribution is 0.169. The number of aromatic nitrogens is 2. The predicted octanol–water partition coefficient (Wildman–Crippen LogP) is 2.07. The minimum atomic E-state index is -0.398. The lowest BCUT2D eigenvalue weighted by Crippen LogP contribution is -2.42. The maximum Gasteiger partial charge on any atom is 0.236 e.